The summed E-state index contributed by atoms with van der Waals surface area (Å²) in [6.07, 6.45) is 6.38. The number of hydrogen-bond donors (Lipinski definition) is 1. The Hall–Kier alpha value is -2.96. The lowest BCUT2D eigenvalue weighted by atomic mass is 9.81. The van der Waals surface area contributed by atoms with E-state index < -0.39 is 5.97 Å². The van der Waals surface area contributed by atoms with Crippen LogP contribution in [0.4, 0.5) is 0 Å². The van der Waals surface area contributed by atoms with Crippen molar-refractivity contribution in [2.75, 3.05) is 27.9 Å². The normalized spacial score (nSPS) is 15.2. The number of nitrogens with one attached hydrogen (secondary N) is 1. The van der Waals surface area contributed by atoms with E-state index in [1.165, 1.54) is 12.8 Å². The predicted octanol–water partition coefficient (Wildman–Crippen LogP) is 5.39. The van der Waals surface area contributed by atoms with Gasteiger partial charge < -0.3 is 23.9 Å². The number of hydrogen-bond acceptors (Lipinski definition) is 6. The molecule has 1 aliphatic carbocycles. The number of benzene rings is 1. The van der Waals surface area contributed by atoms with Gasteiger partial charge in [-0.05, 0) is 48.9 Å². The number of unbranched alkanes of at least 4 members (excludes halogenated alkanes) is 4. The molecule has 0 amide bonds. The maximum atomic E-state index is 13.1. The maximum absolute atomic E-state index is 13.1. The predicted molar refractivity (Wildman–Crippen MR) is 126 cm³/mol. The van der Waals surface area contributed by atoms with Gasteiger partial charge in [-0.1, -0.05) is 32.6 Å². The van der Waals surface area contributed by atoms with Crippen molar-refractivity contribution in [1.82, 2.24) is 4.98 Å². The minimum absolute atomic E-state index is 0.0161. The Kier molecular flexibility index (Phi) is 8.42. The highest BCUT2D eigenvalue weighted by Gasteiger charge is 2.33. The van der Waals surface area contributed by atoms with E-state index in [1.807, 2.05) is 19.1 Å². The Morgan fingerprint density at radius 1 is 1.00 bits per heavy atom. The molecule has 0 bridgehead atoms. The Labute approximate surface area is 195 Å². The lowest BCUT2D eigenvalue weighted by molar-refractivity contribution is 0.0490. The minimum atomic E-state index is -0.394. The first-order chi connectivity index (χ1) is 15.9. The zero-order valence-electron chi connectivity index (χ0n) is 20.3. The largest absolute Gasteiger partial charge is 0.493 e. The van der Waals surface area contributed by atoms with Crippen molar-refractivity contribution in [3.63, 3.8) is 0 Å². The van der Waals surface area contributed by atoms with Gasteiger partial charge in [0.2, 0.25) is 5.75 Å². The SMILES string of the molecule is CCCCCCCOC(=O)c1[nH]c2c(c1C)C(=O)C[C@H](c1cc(OC)c(OC)c(OC)c1)C2. The molecule has 0 fully saturated rings. The fraction of sp³-hybridized carbons (Fsp3) is 0.538. The van der Waals surface area contributed by atoms with E-state index in [9.17, 15) is 9.59 Å². The lowest BCUT2D eigenvalue weighted by Crippen LogP contribution is -2.19. The van der Waals surface area contributed by atoms with Gasteiger partial charge in [-0.25, -0.2) is 4.79 Å². The summed E-state index contributed by atoms with van der Waals surface area (Å²) in [5.41, 5.74) is 3.37. The molecule has 1 aromatic heterocycles. The second-order valence-electron chi connectivity index (χ2n) is 8.52. The lowest BCUT2D eigenvalue weighted by Gasteiger charge is -2.24. The van der Waals surface area contributed by atoms with Crippen LogP contribution in [0, 0.1) is 6.92 Å². The highest BCUT2D eigenvalue weighted by Crippen LogP contribution is 2.43. The standard InChI is InChI=1S/C26H35NO6/c1-6-7-8-9-10-11-33-26(29)24-16(2)23-19(27-24)12-17(13-20(23)28)18-14-21(30-3)25(32-5)22(15-18)31-4/h14-15,17,27H,6-13H2,1-5H3/t17-/m1/s1. The molecule has 7 nitrogen and oxygen atoms in total. The van der Waals surface area contributed by atoms with Gasteiger partial charge in [-0.2, -0.15) is 0 Å². The van der Waals surface area contributed by atoms with Crippen LogP contribution in [0.3, 0.4) is 0 Å². The second kappa shape index (κ2) is 11.3. The molecular weight excluding hydrogens is 422 g/mol. The summed E-state index contributed by atoms with van der Waals surface area (Å²) >= 11 is 0. The average Bonchev–Trinajstić information content (AvgIpc) is 3.16. The number of esters is 1. The summed E-state index contributed by atoms with van der Waals surface area (Å²) in [5, 5.41) is 0. The molecule has 1 aliphatic rings. The molecule has 0 saturated heterocycles. The third-order valence-electron chi connectivity index (χ3n) is 6.33. The molecule has 1 aromatic carbocycles. The number of carbonyl (C=O) groups is 2. The first-order valence-electron chi connectivity index (χ1n) is 11.7. The van der Waals surface area contributed by atoms with Gasteiger partial charge in [0.15, 0.2) is 17.3 Å². The number of H-pyrrole nitrogens is 1. The number of methoxy groups -OCH3 is 3. The quantitative estimate of drug-likeness (QED) is 0.360. The topological polar surface area (TPSA) is 86.9 Å². The average molecular weight is 458 g/mol. The Morgan fingerprint density at radius 2 is 1.67 bits per heavy atom. The highest BCUT2D eigenvalue weighted by molar-refractivity contribution is 6.03. The van der Waals surface area contributed by atoms with Crippen molar-refractivity contribution in [2.24, 2.45) is 0 Å². The molecule has 0 spiro atoms. The monoisotopic (exact) mass is 457 g/mol. The van der Waals surface area contributed by atoms with E-state index in [0.29, 0.717) is 53.5 Å². The molecule has 0 saturated carbocycles. The zero-order chi connectivity index (χ0) is 24.0. The van der Waals surface area contributed by atoms with E-state index in [4.69, 9.17) is 18.9 Å². The number of rotatable bonds is 11. The van der Waals surface area contributed by atoms with Crippen molar-refractivity contribution in [3.05, 3.63) is 40.2 Å². The van der Waals surface area contributed by atoms with Crippen LogP contribution >= 0.6 is 0 Å². The van der Waals surface area contributed by atoms with Gasteiger partial charge in [-0.3, -0.25) is 4.79 Å². The smallest absolute Gasteiger partial charge is 0.355 e. The van der Waals surface area contributed by atoms with Crippen LogP contribution in [0.15, 0.2) is 12.1 Å². The highest BCUT2D eigenvalue weighted by atomic mass is 16.5. The first-order valence-corrected chi connectivity index (χ1v) is 11.7. The number of aromatic nitrogens is 1. The van der Waals surface area contributed by atoms with Gasteiger partial charge in [0.05, 0.1) is 27.9 Å². The van der Waals surface area contributed by atoms with Crippen LogP contribution in [-0.2, 0) is 11.2 Å². The zero-order valence-corrected chi connectivity index (χ0v) is 20.3. The number of aromatic amines is 1. The van der Waals surface area contributed by atoms with Crippen molar-refractivity contribution in [2.45, 2.75) is 64.7 Å². The molecule has 2 aromatic rings. The summed E-state index contributed by atoms with van der Waals surface area (Å²) in [6.45, 7) is 4.38. The molecule has 7 heteroatoms. The van der Waals surface area contributed by atoms with Crippen LogP contribution in [-0.4, -0.2) is 44.7 Å². The van der Waals surface area contributed by atoms with Crippen LogP contribution in [0.5, 0.6) is 17.2 Å². The van der Waals surface area contributed by atoms with E-state index in [-0.39, 0.29) is 11.7 Å². The van der Waals surface area contributed by atoms with Gasteiger partial charge in [0.25, 0.3) is 0 Å². The third kappa shape index (κ3) is 5.34. The van der Waals surface area contributed by atoms with Crippen LogP contribution < -0.4 is 14.2 Å². The van der Waals surface area contributed by atoms with E-state index in [0.717, 1.165) is 30.5 Å². The number of Topliss-reactive ketones (excluding diaryl/α,β-unsaturated/α-hetero) is 1. The van der Waals surface area contributed by atoms with Crippen LogP contribution in [0.2, 0.25) is 0 Å². The van der Waals surface area contributed by atoms with Crippen molar-refractivity contribution in [3.8, 4) is 17.2 Å². The maximum Gasteiger partial charge on any atom is 0.355 e. The minimum Gasteiger partial charge on any atom is -0.493 e. The molecule has 1 atom stereocenters. The molecule has 1 N–H and O–H groups in total. The van der Waals surface area contributed by atoms with E-state index in [1.54, 1.807) is 21.3 Å². The van der Waals surface area contributed by atoms with Crippen LogP contribution in [0.25, 0.3) is 0 Å². The summed E-state index contributed by atoms with van der Waals surface area (Å²) < 4.78 is 21.8. The Balaban J connectivity index is 1.77. The van der Waals surface area contributed by atoms with E-state index >= 15 is 0 Å². The van der Waals surface area contributed by atoms with Crippen molar-refractivity contribution >= 4 is 11.8 Å². The first kappa shape index (κ1) is 24.7. The summed E-state index contributed by atoms with van der Waals surface area (Å²) in [4.78, 5) is 28.9. The van der Waals surface area contributed by atoms with Gasteiger partial charge in [0.1, 0.15) is 5.69 Å². The van der Waals surface area contributed by atoms with Gasteiger partial charge in [0, 0.05) is 17.7 Å². The van der Waals surface area contributed by atoms with Gasteiger partial charge >= 0.3 is 5.97 Å². The molecule has 0 radical (unpaired) electrons. The Bertz CT molecular complexity index is 968. The van der Waals surface area contributed by atoms with Crippen molar-refractivity contribution in [1.29, 1.82) is 0 Å². The molecule has 3 rings (SSSR count). The summed E-state index contributed by atoms with van der Waals surface area (Å²) in [6, 6.07) is 3.77. The fourth-order valence-corrected chi connectivity index (χ4v) is 4.55. The van der Waals surface area contributed by atoms with Crippen LogP contribution in [0.1, 0.15) is 89.0 Å². The molecule has 1 heterocycles. The third-order valence-corrected chi connectivity index (χ3v) is 6.33. The van der Waals surface area contributed by atoms with Crippen molar-refractivity contribution < 1.29 is 28.5 Å². The molecule has 180 valence electrons. The van der Waals surface area contributed by atoms with E-state index in [2.05, 4.69) is 11.9 Å². The second-order valence-corrected chi connectivity index (χ2v) is 8.52. The number of carbonyl (C=O) groups excluding carboxylic acids is 2. The summed E-state index contributed by atoms with van der Waals surface area (Å²) in [7, 11) is 4.70. The molecular formula is C26H35NO6. The number of ketones is 1. The number of fused-ring (bicyclic) bond motifs is 1. The molecule has 0 unspecified atom stereocenters. The summed E-state index contributed by atoms with van der Waals surface area (Å²) in [5.74, 6) is 1.17. The number of ether oxygens (including phenoxy) is 4. The molecule has 33 heavy (non-hydrogen) atoms. The molecule has 0 aliphatic heterocycles. The van der Waals surface area contributed by atoms with Gasteiger partial charge in [-0.15, -0.1) is 0 Å². The fourth-order valence-electron chi connectivity index (χ4n) is 4.55. The Morgan fingerprint density at radius 3 is 2.27 bits per heavy atom.